The van der Waals surface area contributed by atoms with Crippen LogP contribution in [0.5, 0.6) is 0 Å². The second-order valence-electron chi connectivity index (χ2n) is 5.81. The molecule has 24 heavy (non-hydrogen) atoms. The summed E-state index contributed by atoms with van der Waals surface area (Å²) in [6.07, 6.45) is 1.61. The van der Waals surface area contributed by atoms with Gasteiger partial charge in [0.15, 0.2) is 0 Å². The van der Waals surface area contributed by atoms with Crippen LogP contribution in [0.3, 0.4) is 0 Å². The van der Waals surface area contributed by atoms with Gasteiger partial charge in [0, 0.05) is 32.4 Å². The molecule has 0 unspecified atom stereocenters. The van der Waals surface area contributed by atoms with Crippen LogP contribution in [0, 0.1) is 0 Å². The first-order valence-electron chi connectivity index (χ1n) is 7.44. The number of likely N-dealkylation sites (N-methyl/N-ethyl adjacent to an activating group) is 1. The van der Waals surface area contributed by atoms with Gasteiger partial charge in [0.05, 0.1) is 4.90 Å². The SMILES string of the molecule is CN(C)c1ccc(/C=C2\C(=O)c3ccccc3S(=O)(=O)N2C)cc1. The van der Waals surface area contributed by atoms with Crippen LogP contribution < -0.4 is 4.90 Å². The molecule has 124 valence electrons. The lowest BCUT2D eigenvalue weighted by molar-refractivity contribution is 0.101. The highest BCUT2D eigenvalue weighted by molar-refractivity contribution is 7.89. The molecular weight excluding hydrogens is 324 g/mol. The van der Waals surface area contributed by atoms with Gasteiger partial charge in [0.2, 0.25) is 5.78 Å². The lowest BCUT2D eigenvalue weighted by atomic mass is 10.1. The minimum atomic E-state index is -3.71. The molecule has 0 N–H and O–H groups in total. The van der Waals surface area contributed by atoms with E-state index >= 15 is 0 Å². The van der Waals surface area contributed by atoms with Crippen LogP contribution in [0.15, 0.2) is 59.1 Å². The van der Waals surface area contributed by atoms with Crippen molar-refractivity contribution in [3.05, 3.63) is 65.4 Å². The van der Waals surface area contributed by atoms with E-state index in [0.717, 1.165) is 15.6 Å². The maximum Gasteiger partial charge on any atom is 0.264 e. The molecule has 0 radical (unpaired) electrons. The third-order valence-corrected chi connectivity index (χ3v) is 5.88. The molecule has 0 atom stereocenters. The molecule has 6 heteroatoms. The average molecular weight is 342 g/mol. The van der Waals surface area contributed by atoms with Gasteiger partial charge in [0.25, 0.3) is 10.0 Å². The number of fused-ring (bicyclic) bond motifs is 1. The monoisotopic (exact) mass is 342 g/mol. The molecule has 0 spiro atoms. The summed E-state index contributed by atoms with van der Waals surface area (Å²) < 4.78 is 26.3. The van der Waals surface area contributed by atoms with Crippen LogP contribution in [0.4, 0.5) is 5.69 Å². The van der Waals surface area contributed by atoms with Gasteiger partial charge in [-0.15, -0.1) is 0 Å². The van der Waals surface area contributed by atoms with Gasteiger partial charge in [-0.1, -0.05) is 24.3 Å². The second-order valence-corrected chi connectivity index (χ2v) is 7.75. The van der Waals surface area contributed by atoms with Crippen molar-refractivity contribution in [3.8, 4) is 0 Å². The Labute approximate surface area is 141 Å². The third-order valence-electron chi connectivity index (χ3n) is 4.05. The standard InChI is InChI=1S/C18H18N2O3S/c1-19(2)14-10-8-13(9-11-14)12-16-18(21)15-6-4-5-7-17(15)24(22,23)20(16)3/h4-12H,1-3H3/b16-12+. The van der Waals surface area contributed by atoms with Gasteiger partial charge in [0.1, 0.15) is 5.70 Å². The minimum absolute atomic E-state index is 0.0533. The highest BCUT2D eigenvalue weighted by Gasteiger charge is 2.36. The molecular formula is C18H18N2O3S. The van der Waals surface area contributed by atoms with E-state index in [-0.39, 0.29) is 21.9 Å². The Morgan fingerprint density at radius 1 is 1.00 bits per heavy atom. The lowest BCUT2D eigenvalue weighted by Gasteiger charge is -2.28. The molecule has 0 aromatic heterocycles. The first-order valence-corrected chi connectivity index (χ1v) is 8.88. The Kier molecular flexibility index (Phi) is 3.93. The van der Waals surface area contributed by atoms with E-state index in [2.05, 4.69) is 0 Å². The van der Waals surface area contributed by atoms with Crippen molar-refractivity contribution in [2.45, 2.75) is 4.90 Å². The molecule has 0 amide bonds. The Morgan fingerprint density at radius 3 is 2.25 bits per heavy atom. The molecule has 1 heterocycles. The predicted octanol–water partition coefficient (Wildman–Crippen LogP) is 2.61. The number of sulfonamides is 1. The summed E-state index contributed by atoms with van der Waals surface area (Å²) >= 11 is 0. The number of hydrogen-bond donors (Lipinski definition) is 0. The topological polar surface area (TPSA) is 57.7 Å². The van der Waals surface area contributed by atoms with Crippen LogP contribution >= 0.6 is 0 Å². The molecule has 0 fully saturated rings. The van der Waals surface area contributed by atoms with Crippen molar-refractivity contribution in [2.24, 2.45) is 0 Å². The van der Waals surface area contributed by atoms with Gasteiger partial charge < -0.3 is 4.90 Å². The summed E-state index contributed by atoms with van der Waals surface area (Å²) in [4.78, 5) is 14.7. The number of hydrogen-bond acceptors (Lipinski definition) is 4. The zero-order valence-corrected chi connectivity index (χ0v) is 14.5. The predicted molar refractivity (Wildman–Crippen MR) is 94.5 cm³/mol. The molecule has 0 aliphatic carbocycles. The summed E-state index contributed by atoms with van der Waals surface area (Å²) in [5, 5.41) is 0. The number of ketones is 1. The smallest absolute Gasteiger partial charge is 0.264 e. The number of rotatable bonds is 2. The summed E-state index contributed by atoms with van der Waals surface area (Å²) in [5.41, 5.74) is 2.15. The summed E-state index contributed by atoms with van der Waals surface area (Å²) in [7, 11) is 1.58. The average Bonchev–Trinajstić information content (AvgIpc) is 2.58. The Bertz CT molecular complexity index is 929. The number of allylic oxidation sites excluding steroid dienone is 1. The maximum absolute atomic E-state index is 12.7. The zero-order chi connectivity index (χ0) is 17.5. The van der Waals surface area contributed by atoms with Crippen LogP contribution in [0.25, 0.3) is 6.08 Å². The van der Waals surface area contributed by atoms with Gasteiger partial charge >= 0.3 is 0 Å². The van der Waals surface area contributed by atoms with E-state index in [0.29, 0.717) is 0 Å². The van der Waals surface area contributed by atoms with Crippen molar-refractivity contribution >= 4 is 27.6 Å². The van der Waals surface area contributed by atoms with E-state index < -0.39 is 10.0 Å². The van der Waals surface area contributed by atoms with Crippen LogP contribution in [-0.4, -0.2) is 39.6 Å². The van der Waals surface area contributed by atoms with E-state index in [1.54, 1.807) is 24.3 Å². The van der Waals surface area contributed by atoms with Crippen molar-refractivity contribution in [1.29, 1.82) is 0 Å². The third kappa shape index (κ3) is 2.59. The Balaban J connectivity index is 2.10. The summed E-state index contributed by atoms with van der Waals surface area (Å²) in [6.45, 7) is 0. The molecule has 2 aromatic rings. The highest BCUT2D eigenvalue weighted by Crippen LogP contribution is 2.31. The lowest BCUT2D eigenvalue weighted by Crippen LogP contribution is -2.36. The minimum Gasteiger partial charge on any atom is -0.378 e. The molecule has 0 saturated heterocycles. The molecule has 0 saturated carbocycles. The van der Waals surface area contributed by atoms with E-state index in [4.69, 9.17) is 0 Å². The van der Waals surface area contributed by atoms with Crippen LogP contribution in [0.1, 0.15) is 15.9 Å². The number of benzene rings is 2. The number of nitrogens with zero attached hydrogens (tertiary/aromatic N) is 2. The molecule has 5 nitrogen and oxygen atoms in total. The number of carbonyl (C=O) groups excluding carboxylic acids is 1. The summed E-state index contributed by atoms with van der Waals surface area (Å²) in [6, 6.07) is 13.8. The van der Waals surface area contributed by atoms with Crippen molar-refractivity contribution < 1.29 is 13.2 Å². The van der Waals surface area contributed by atoms with Crippen molar-refractivity contribution in [1.82, 2.24) is 4.31 Å². The van der Waals surface area contributed by atoms with Gasteiger partial charge in [-0.2, -0.15) is 0 Å². The summed E-state index contributed by atoms with van der Waals surface area (Å²) in [5.74, 6) is -0.292. The highest BCUT2D eigenvalue weighted by atomic mass is 32.2. The quantitative estimate of drug-likeness (QED) is 0.787. The fraction of sp³-hybridized carbons (Fsp3) is 0.167. The molecule has 2 aromatic carbocycles. The fourth-order valence-corrected chi connectivity index (χ4v) is 4.00. The van der Waals surface area contributed by atoms with Gasteiger partial charge in [-0.3, -0.25) is 9.10 Å². The fourth-order valence-electron chi connectivity index (χ4n) is 2.62. The van der Waals surface area contributed by atoms with Crippen molar-refractivity contribution in [3.63, 3.8) is 0 Å². The van der Waals surface area contributed by atoms with E-state index in [1.807, 2.05) is 43.3 Å². The second kappa shape index (κ2) is 5.79. The Hall–Kier alpha value is -2.60. The van der Waals surface area contributed by atoms with Crippen molar-refractivity contribution in [2.75, 3.05) is 26.0 Å². The number of anilines is 1. The zero-order valence-electron chi connectivity index (χ0n) is 13.7. The number of carbonyl (C=O) groups is 1. The number of Topliss-reactive ketones (excluding diaryl/α,β-unsaturated/α-hetero) is 1. The van der Waals surface area contributed by atoms with Gasteiger partial charge in [-0.05, 0) is 35.9 Å². The van der Waals surface area contributed by atoms with Crippen LogP contribution in [-0.2, 0) is 10.0 Å². The normalized spacial score (nSPS) is 17.7. The molecule has 1 aliphatic heterocycles. The largest absolute Gasteiger partial charge is 0.378 e. The maximum atomic E-state index is 12.7. The molecule has 3 rings (SSSR count). The molecule has 0 bridgehead atoms. The van der Waals surface area contributed by atoms with Gasteiger partial charge in [-0.25, -0.2) is 8.42 Å². The first-order chi connectivity index (χ1) is 11.3. The first kappa shape index (κ1) is 16.3. The Morgan fingerprint density at radius 2 is 1.62 bits per heavy atom. The molecule has 1 aliphatic rings. The van der Waals surface area contributed by atoms with E-state index in [9.17, 15) is 13.2 Å². The van der Waals surface area contributed by atoms with Crippen LogP contribution in [0.2, 0.25) is 0 Å². The van der Waals surface area contributed by atoms with E-state index in [1.165, 1.54) is 13.1 Å².